The van der Waals surface area contributed by atoms with Crippen LogP contribution in [0.2, 0.25) is 0 Å². The molecule has 0 N–H and O–H groups in total. The number of carbonyl (C=O) groups is 2. The van der Waals surface area contributed by atoms with Crippen molar-refractivity contribution >= 4 is 23.4 Å². The molecular weight excluding hydrogens is 326 g/mol. The highest BCUT2D eigenvalue weighted by molar-refractivity contribution is 6.28. The molecule has 0 aromatic heterocycles. The molecule has 0 aliphatic carbocycles. The highest BCUT2D eigenvalue weighted by Crippen LogP contribution is 2.42. The van der Waals surface area contributed by atoms with Crippen LogP contribution in [-0.4, -0.2) is 39.6 Å². The third-order valence-electron chi connectivity index (χ3n) is 3.74. The number of nitro groups is 1. The van der Waals surface area contributed by atoms with Crippen molar-refractivity contribution in [1.29, 1.82) is 0 Å². The summed E-state index contributed by atoms with van der Waals surface area (Å²) in [5.41, 5.74) is -1.43. The maximum Gasteiger partial charge on any atom is 0.304 e. The first kappa shape index (κ1) is 18.6. The molecule has 1 aliphatic rings. The minimum absolute atomic E-state index is 0.114. The Labute approximate surface area is 145 Å². The summed E-state index contributed by atoms with van der Waals surface area (Å²) in [7, 11) is 0. The van der Waals surface area contributed by atoms with Gasteiger partial charge in [0.1, 0.15) is 0 Å². The van der Waals surface area contributed by atoms with E-state index in [0.29, 0.717) is 11.4 Å². The van der Waals surface area contributed by atoms with Crippen LogP contribution in [0.5, 0.6) is 0 Å². The van der Waals surface area contributed by atoms with Crippen LogP contribution in [0.3, 0.4) is 0 Å². The Morgan fingerprint density at radius 1 is 1.24 bits per heavy atom. The Kier molecular flexibility index (Phi) is 4.92. The van der Waals surface area contributed by atoms with Crippen molar-refractivity contribution in [1.82, 2.24) is 4.90 Å². The minimum atomic E-state index is -1.66. The van der Waals surface area contributed by atoms with Gasteiger partial charge in [-0.2, -0.15) is 0 Å². The molecule has 8 heteroatoms. The number of amides is 1. The first-order chi connectivity index (χ1) is 11.6. The first-order valence-corrected chi connectivity index (χ1v) is 7.97. The zero-order valence-corrected chi connectivity index (χ0v) is 14.8. The summed E-state index contributed by atoms with van der Waals surface area (Å²) in [5, 5.41) is 10.9. The standard InChI is InChI=1S/C17H21N3O5/c1-10(2)18-15-17(25-12(5)21,16(22)19(15)11(3)4)13-6-8-14(9-7-13)20(23)24/h6-11H,1-5H3. The normalized spacial score (nSPS) is 21.6. The number of β-lactam (4-membered cyclic amide) rings is 1. The highest BCUT2D eigenvalue weighted by Gasteiger charge is 2.64. The van der Waals surface area contributed by atoms with E-state index in [1.54, 1.807) is 0 Å². The minimum Gasteiger partial charge on any atom is -0.436 e. The molecular formula is C17H21N3O5. The second-order valence-corrected chi connectivity index (χ2v) is 6.39. The average molecular weight is 347 g/mol. The number of aliphatic imine (C=N–C) groups is 1. The molecule has 1 atom stereocenters. The second-order valence-electron chi connectivity index (χ2n) is 6.39. The molecule has 1 amide bonds. The number of hydrogen-bond donors (Lipinski definition) is 0. The van der Waals surface area contributed by atoms with E-state index in [1.807, 2.05) is 27.7 Å². The summed E-state index contributed by atoms with van der Waals surface area (Å²) < 4.78 is 5.44. The second kappa shape index (κ2) is 6.62. The molecule has 1 aliphatic heterocycles. The fourth-order valence-corrected chi connectivity index (χ4v) is 2.79. The number of esters is 1. The van der Waals surface area contributed by atoms with E-state index >= 15 is 0 Å². The molecule has 1 aromatic rings. The zero-order valence-electron chi connectivity index (χ0n) is 14.8. The third kappa shape index (κ3) is 3.11. The Hall–Kier alpha value is -2.77. The van der Waals surface area contributed by atoms with Crippen molar-refractivity contribution in [2.75, 3.05) is 0 Å². The Bertz CT molecular complexity index is 739. The van der Waals surface area contributed by atoms with E-state index in [4.69, 9.17) is 4.74 Å². The molecule has 0 bridgehead atoms. The Morgan fingerprint density at radius 2 is 1.80 bits per heavy atom. The summed E-state index contributed by atoms with van der Waals surface area (Å²) >= 11 is 0. The van der Waals surface area contributed by atoms with E-state index in [0.717, 1.165) is 0 Å². The number of carbonyl (C=O) groups excluding carboxylic acids is 2. The molecule has 8 nitrogen and oxygen atoms in total. The summed E-state index contributed by atoms with van der Waals surface area (Å²) in [5.74, 6) is -0.705. The predicted molar refractivity (Wildman–Crippen MR) is 91.1 cm³/mol. The number of likely N-dealkylation sites (tertiary alicyclic amines) is 1. The smallest absolute Gasteiger partial charge is 0.304 e. The van der Waals surface area contributed by atoms with Crippen LogP contribution in [0.15, 0.2) is 29.3 Å². The van der Waals surface area contributed by atoms with Crippen LogP contribution >= 0.6 is 0 Å². The number of rotatable bonds is 5. The zero-order chi connectivity index (χ0) is 18.9. The lowest BCUT2D eigenvalue weighted by molar-refractivity contribution is -0.384. The molecule has 134 valence electrons. The molecule has 2 rings (SSSR count). The molecule has 0 radical (unpaired) electrons. The van der Waals surface area contributed by atoms with Gasteiger partial charge in [-0.1, -0.05) is 0 Å². The van der Waals surface area contributed by atoms with Crippen LogP contribution in [-0.2, 0) is 19.9 Å². The van der Waals surface area contributed by atoms with E-state index in [-0.39, 0.29) is 17.8 Å². The van der Waals surface area contributed by atoms with Gasteiger partial charge >= 0.3 is 5.97 Å². The van der Waals surface area contributed by atoms with Crippen molar-refractivity contribution in [3.05, 3.63) is 39.9 Å². The molecule has 1 unspecified atom stereocenters. The topological polar surface area (TPSA) is 102 Å². The van der Waals surface area contributed by atoms with Crippen molar-refractivity contribution in [2.45, 2.75) is 52.3 Å². The van der Waals surface area contributed by atoms with Crippen LogP contribution in [0, 0.1) is 10.1 Å². The first-order valence-electron chi connectivity index (χ1n) is 7.97. The van der Waals surface area contributed by atoms with Crippen molar-refractivity contribution in [3.8, 4) is 0 Å². The lowest BCUT2D eigenvalue weighted by Gasteiger charge is -2.50. The fraction of sp³-hybridized carbons (Fsp3) is 0.471. The number of nitrogens with zero attached hydrogens (tertiary/aromatic N) is 3. The quantitative estimate of drug-likeness (QED) is 0.352. The molecule has 0 spiro atoms. The van der Waals surface area contributed by atoms with Gasteiger partial charge in [-0.15, -0.1) is 0 Å². The summed E-state index contributed by atoms with van der Waals surface area (Å²) in [6, 6.07) is 5.11. The van der Waals surface area contributed by atoms with Gasteiger partial charge in [-0.25, -0.2) is 0 Å². The van der Waals surface area contributed by atoms with Crippen molar-refractivity contribution in [2.24, 2.45) is 4.99 Å². The predicted octanol–water partition coefficient (Wildman–Crippen LogP) is 2.41. The van der Waals surface area contributed by atoms with Crippen LogP contribution in [0.4, 0.5) is 5.69 Å². The summed E-state index contributed by atoms with van der Waals surface area (Å²) in [6.07, 6.45) is 0. The van der Waals surface area contributed by atoms with Crippen LogP contribution in [0.25, 0.3) is 0 Å². The van der Waals surface area contributed by atoms with E-state index in [2.05, 4.69) is 4.99 Å². The van der Waals surface area contributed by atoms with Gasteiger partial charge in [0.2, 0.25) is 0 Å². The summed E-state index contributed by atoms with van der Waals surface area (Å²) in [4.78, 5) is 40.9. The maximum atomic E-state index is 12.9. The van der Waals surface area contributed by atoms with Gasteiger partial charge < -0.3 is 4.74 Å². The molecule has 1 aromatic carbocycles. The monoisotopic (exact) mass is 347 g/mol. The van der Waals surface area contributed by atoms with Gasteiger partial charge in [-0.05, 0) is 39.8 Å². The van der Waals surface area contributed by atoms with Gasteiger partial charge in [0.15, 0.2) is 5.84 Å². The maximum absolute atomic E-state index is 12.9. The van der Waals surface area contributed by atoms with Gasteiger partial charge in [0.05, 0.1) is 4.92 Å². The van der Waals surface area contributed by atoms with Gasteiger partial charge in [0, 0.05) is 36.7 Å². The van der Waals surface area contributed by atoms with E-state index in [1.165, 1.54) is 36.1 Å². The molecule has 1 saturated heterocycles. The Morgan fingerprint density at radius 3 is 2.20 bits per heavy atom. The molecule has 1 fully saturated rings. The third-order valence-corrected chi connectivity index (χ3v) is 3.74. The number of ether oxygens (including phenoxy) is 1. The highest BCUT2D eigenvalue weighted by atomic mass is 16.6. The number of benzene rings is 1. The number of amidine groups is 1. The lowest BCUT2D eigenvalue weighted by atomic mass is 9.81. The number of non-ortho nitro benzene ring substituents is 1. The van der Waals surface area contributed by atoms with Gasteiger partial charge in [-0.3, -0.25) is 29.6 Å². The van der Waals surface area contributed by atoms with Crippen LogP contribution in [0.1, 0.15) is 40.2 Å². The fourth-order valence-electron chi connectivity index (χ4n) is 2.79. The number of hydrogen-bond acceptors (Lipinski definition) is 6. The lowest BCUT2D eigenvalue weighted by Crippen LogP contribution is -2.72. The molecule has 0 saturated carbocycles. The molecule has 25 heavy (non-hydrogen) atoms. The van der Waals surface area contributed by atoms with Crippen molar-refractivity contribution in [3.63, 3.8) is 0 Å². The largest absolute Gasteiger partial charge is 0.436 e. The Balaban J connectivity index is 2.62. The van der Waals surface area contributed by atoms with Gasteiger partial charge in [0.25, 0.3) is 17.2 Å². The van der Waals surface area contributed by atoms with Crippen molar-refractivity contribution < 1.29 is 19.2 Å². The van der Waals surface area contributed by atoms with E-state index in [9.17, 15) is 19.7 Å². The van der Waals surface area contributed by atoms with E-state index < -0.39 is 22.4 Å². The number of nitro benzene ring substituents is 1. The average Bonchev–Trinajstić information content (AvgIpc) is 2.51. The molecule has 1 heterocycles. The SMILES string of the molecule is CC(=O)OC1(c2ccc([N+](=O)[O-])cc2)C(=O)N(C(C)C)C1=NC(C)C. The van der Waals surface area contributed by atoms with Crippen LogP contribution < -0.4 is 0 Å². The summed E-state index contributed by atoms with van der Waals surface area (Å²) in [6.45, 7) is 8.58.